The smallest absolute Gasteiger partial charge is 0.125 e. The van der Waals surface area contributed by atoms with Crippen molar-refractivity contribution >= 4 is 0 Å². The van der Waals surface area contributed by atoms with Crippen LogP contribution in [-0.2, 0) is 0 Å². The van der Waals surface area contributed by atoms with Gasteiger partial charge in [-0.2, -0.15) is 0 Å². The second-order valence-corrected chi connectivity index (χ2v) is 8.19. The summed E-state index contributed by atoms with van der Waals surface area (Å²) >= 11 is 0. The second-order valence-electron chi connectivity index (χ2n) is 8.19. The summed E-state index contributed by atoms with van der Waals surface area (Å²) < 4.78 is 0. The maximum Gasteiger partial charge on any atom is 0.125 e. The Bertz CT molecular complexity index is 308. The van der Waals surface area contributed by atoms with Gasteiger partial charge in [0, 0.05) is 6.20 Å². The zero-order valence-electron chi connectivity index (χ0n) is 18.7. The maximum absolute atomic E-state index is 9.54. The van der Waals surface area contributed by atoms with Crippen LogP contribution in [0.1, 0.15) is 130 Å². The molecule has 0 aliphatic rings. The molecular formula is C24H49NO2. The van der Waals surface area contributed by atoms with Crippen molar-refractivity contribution in [2.75, 3.05) is 0 Å². The van der Waals surface area contributed by atoms with Gasteiger partial charge in [-0.25, -0.2) is 0 Å². The lowest BCUT2D eigenvalue weighted by Gasteiger charge is -2.26. The number of unbranched alkanes of at least 4 members (excludes halogenated alkanes) is 16. The fourth-order valence-corrected chi connectivity index (χ4v) is 3.57. The normalized spacial score (nSPS) is 14.0. The Morgan fingerprint density at radius 2 is 0.926 bits per heavy atom. The van der Waals surface area contributed by atoms with Gasteiger partial charge in [-0.15, -0.1) is 0 Å². The van der Waals surface area contributed by atoms with Gasteiger partial charge in [0.25, 0.3) is 0 Å². The van der Waals surface area contributed by atoms with Gasteiger partial charge >= 0.3 is 0 Å². The van der Waals surface area contributed by atoms with E-state index in [1.807, 2.05) is 6.20 Å². The highest BCUT2D eigenvalue weighted by molar-refractivity contribution is 4.83. The molecule has 0 radical (unpaired) electrons. The number of aliphatic hydroxyl groups excluding tert-OH is 2. The molecule has 0 aliphatic carbocycles. The van der Waals surface area contributed by atoms with E-state index >= 15 is 0 Å². The molecule has 2 N–H and O–H groups in total. The minimum absolute atomic E-state index is 0.646. The highest BCUT2D eigenvalue weighted by atomic mass is 16.3. The van der Waals surface area contributed by atoms with Crippen molar-refractivity contribution < 1.29 is 10.2 Å². The van der Waals surface area contributed by atoms with Gasteiger partial charge in [-0.05, 0) is 26.7 Å². The zero-order valence-corrected chi connectivity index (χ0v) is 18.7. The Morgan fingerprint density at radius 3 is 1.26 bits per heavy atom. The molecule has 3 heteroatoms. The molecular weight excluding hydrogens is 334 g/mol. The summed E-state index contributed by atoms with van der Waals surface area (Å²) in [7, 11) is 0. The van der Waals surface area contributed by atoms with E-state index in [-0.39, 0.29) is 0 Å². The minimum Gasteiger partial charge on any atom is -0.374 e. The van der Waals surface area contributed by atoms with E-state index < -0.39 is 12.5 Å². The predicted molar refractivity (Wildman–Crippen MR) is 119 cm³/mol. The number of hydrogen-bond donors (Lipinski definition) is 2. The molecule has 0 saturated carbocycles. The first-order valence-electron chi connectivity index (χ1n) is 11.9. The number of rotatable bonds is 20. The largest absolute Gasteiger partial charge is 0.374 e. The van der Waals surface area contributed by atoms with Gasteiger partial charge in [-0.3, -0.25) is 0 Å². The Balaban J connectivity index is 3.25. The summed E-state index contributed by atoms with van der Waals surface area (Å²) in [6, 6.07) is 0. The Kier molecular flexibility index (Phi) is 19.8. The minimum atomic E-state index is -0.646. The second kappa shape index (κ2) is 20.2. The summed E-state index contributed by atoms with van der Waals surface area (Å²) in [5.41, 5.74) is 0. The molecule has 2 atom stereocenters. The fraction of sp³-hybridized carbons (Fsp3) is 0.917. The van der Waals surface area contributed by atoms with Crippen molar-refractivity contribution in [2.45, 2.75) is 142 Å². The lowest BCUT2D eigenvalue weighted by Crippen LogP contribution is -2.35. The Hall–Kier alpha value is -0.540. The van der Waals surface area contributed by atoms with Gasteiger partial charge in [0.2, 0.25) is 0 Å². The van der Waals surface area contributed by atoms with Crippen LogP contribution in [0.5, 0.6) is 0 Å². The number of aliphatic hydroxyl groups is 2. The van der Waals surface area contributed by atoms with E-state index in [2.05, 4.69) is 13.0 Å². The van der Waals surface area contributed by atoms with Gasteiger partial charge in [0.1, 0.15) is 12.5 Å². The standard InChI is InChI=1S/C24H49NO2/c1-4-5-6-7-8-9-10-11-12-13-14-15-16-17-18-19-20-21-22-25(23(2)26)24(3)27/h21-24,26-27H,4-20H2,1-3H3. The van der Waals surface area contributed by atoms with E-state index in [0.717, 1.165) is 6.42 Å². The van der Waals surface area contributed by atoms with Crippen LogP contribution in [0, 0.1) is 0 Å². The molecule has 0 bridgehead atoms. The van der Waals surface area contributed by atoms with Gasteiger partial charge in [-0.1, -0.05) is 109 Å². The summed E-state index contributed by atoms with van der Waals surface area (Å²) in [4.78, 5) is 1.56. The number of nitrogens with zero attached hydrogens (tertiary/aromatic N) is 1. The van der Waals surface area contributed by atoms with Crippen molar-refractivity contribution in [1.29, 1.82) is 0 Å². The highest BCUT2D eigenvalue weighted by Crippen LogP contribution is 2.14. The molecule has 0 aliphatic heterocycles. The first-order chi connectivity index (χ1) is 13.1. The maximum atomic E-state index is 9.54. The van der Waals surface area contributed by atoms with Crippen molar-refractivity contribution in [3.63, 3.8) is 0 Å². The molecule has 0 saturated heterocycles. The molecule has 0 aromatic carbocycles. The van der Waals surface area contributed by atoms with Gasteiger partial charge < -0.3 is 15.1 Å². The van der Waals surface area contributed by atoms with Crippen molar-refractivity contribution in [1.82, 2.24) is 4.90 Å². The van der Waals surface area contributed by atoms with E-state index in [9.17, 15) is 10.2 Å². The lowest BCUT2D eigenvalue weighted by molar-refractivity contribution is -0.0513. The molecule has 0 fully saturated rings. The van der Waals surface area contributed by atoms with Crippen molar-refractivity contribution in [2.24, 2.45) is 0 Å². The average molecular weight is 384 g/mol. The third-order valence-corrected chi connectivity index (χ3v) is 5.36. The summed E-state index contributed by atoms with van der Waals surface area (Å²) in [6.07, 6.45) is 25.9. The molecule has 0 aromatic heterocycles. The molecule has 0 aromatic rings. The van der Waals surface area contributed by atoms with Crippen LogP contribution in [0.15, 0.2) is 12.3 Å². The summed E-state index contributed by atoms with van der Waals surface area (Å²) in [5.74, 6) is 0. The third kappa shape index (κ3) is 18.6. The monoisotopic (exact) mass is 383 g/mol. The Morgan fingerprint density at radius 1 is 0.593 bits per heavy atom. The third-order valence-electron chi connectivity index (χ3n) is 5.36. The van der Waals surface area contributed by atoms with Crippen LogP contribution in [0.2, 0.25) is 0 Å². The first-order valence-corrected chi connectivity index (χ1v) is 11.9. The van der Waals surface area contributed by atoms with Crippen LogP contribution in [0.4, 0.5) is 0 Å². The predicted octanol–water partition coefficient (Wildman–Crippen LogP) is 7.13. The molecule has 0 heterocycles. The summed E-state index contributed by atoms with van der Waals surface area (Å²) in [6.45, 7) is 5.63. The van der Waals surface area contributed by atoms with Gasteiger partial charge in [0.15, 0.2) is 0 Å². The van der Waals surface area contributed by atoms with Crippen LogP contribution in [0.3, 0.4) is 0 Å². The topological polar surface area (TPSA) is 43.7 Å². The van der Waals surface area contributed by atoms with E-state index in [0.29, 0.717) is 0 Å². The molecule has 2 unspecified atom stereocenters. The molecule has 0 rings (SSSR count). The SMILES string of the molecule is CCCCCCCCCCCCCCCCCCC=CN(C(C)O)C(C)O. The zero-order chi connectivity index (χ0) is 20.2. The number of allylic oxidation sites excluding steroid dienone is 1. The first kappa shape index (κ1) is 26.5. The van der Waals surface area contributed by atoms with E-state index in [1.54, 1.807) is 18.7 Å². The fourth-order valence-electron chi connectivity index (χ4n) is 3.57. The molecule has 0 amide bonds. The highest BCUT2D eigenvalue weighted by Gasteiger charge is 2.10. The van der Waals surface area contributed by atoms with Crippen LogP contribution in [0.25, 0.3) is 0 Å². The van der Waals surface area contributed by atoms with Crippen molar-refractivity contribution in [3.05, 3.63) is 12.3 Å². The molecule has 3 nitrogen and oxygen atoms in total. The van der Waals surface area contributed by atoms with E-state index in [4.69, 9.17) is 0 Å². The molecule has 162 valence electrons. The van der Waals surface area contributed by atoms with Crippen LogP contribution < -0.4 is 0 Å². The van der Waals surface area contributed by atoms with Crippen molar-refractivity contribution in [3.8, 4) is 0 Å². The lowest BCUT2D eigenvalue weighted by atomic mass is 10.0. The van der Waals surface area contributed by atoms with Gasteiger partial charge in [0.05, 0.1) is 0 Å². The quantitative estimate of drug-likeness (QED) is 0.173. The molecule has 27 heavy (non-hydrogen) atoms. The van der Waals surface area contributed by atoms with Crippen LogP contribution in [-0.4, -0.2) is 27.6 Å². The summed E-state index contributed by atoms with van der Waals surface area (Å²) in [5, 5.41) is 19.1. The average Bonchev–Trinajstić information content (AvgIpc) is 2.63. The molecule has 0 spiro atoms. The Labute approximate surface area is 170 Å². The van der Waals surface area contributed by atoms with Crippen LogP contribution >= 0.6 is 0 Å². The van der Waals surface area contributed by atoms with E-state index in [1.165, 1.54) is 103 Å². The number of hydrogen-bond acceptors (Lipinski definition) is 3.